The van der Waals surface area contributed by atoms with Gasteiger partial charge in [0.15, 0.2) is 0 Å². The topological polar surface area (TPSA) is 20.2 Å². The lowest BCUT2D eigenvalue weighted by atomic mass is 10.0. The van der Waals surface area contributed by atoms with E-state index in [0.29, 0.717) is 6.04 Å². The highest BCUT2D eigenvalue weighted by Gasteiger charge is 2.27. The van der Waals surface area contributed by atoms with Crippen LogP contribution < -0.4 is 5.32 Å². The summed E-state index contributed by atoms with van der Waals surface area (Å²) in [6.45, 7) is 4.35. The van der Waals surface area contributed by atoms with Gasteiger partial charge in [0.05, 0.1) is 5.03 Å². The molecule has 4 rings (SSSR count). The number of piperazine rings is 1. The van der Waals surface area contributed by atoms with Crippen molar-refractivity contribution in [1.82, 2.24) is 14.8 Å². The van der Waals surface area contributed by atoms with E-state index in [-0.39, 0.29) is 0 Å². The van der Waals surface area contributed by atoms with E-state index in [0.717, 1.165) is 37.6 Å². The van der Waals surface area contributed by atoms with Crippen LogP contribution in [-0.2, 0) is 0 Å². The van der Waals surface area contributed by atoms with Gasteiger partial charge < -0.3 is 9.88 Å². The third kappa shape index (κ3) is 2.61. The van der Waals surface area contributed by atoms with Crippen LogP contribution in [0.2, 0.25) is 0 Å². The van der Waals surface area contributed by atoms with Crippen molar-refractivity contribution >= 4 is 29.6 Å². The zero-order valence-corrected chi connectivity index (χ0v) is 13.3. The number of nitrogens with zero attached hydrogens (tertiary/aromatic N) is 2. The van der Waals surface area contributed by atoms with Gasteiger partial charge in [-0.1, -0.05) is 23.4 Å². The van der Waals surface area contributed by atoms with E-state index in [1.807, 2.05) is 11.8 Å². The summed E-state index contributed by atoms with van der Waals surface area (Å²) in [6, 6.07) is 4.68. The maximum absolute atomic E-state index is 6.57. The largest absolute Gasteiger partial charge is 0.318 e. The van der Waals surface area contributed by atoms with Crippen LogP contribution in [0.3, 0.4) is 0 Å². The Morgan fingerprint density at radius 2 is 2.14 bits per heavy atom. The maximum Gasteiger partial charge on any atom is 0.0834 e. The Morgan fingerprint density at radius 3 is 3.00 bits per heavy atom. The molecule has 0 spiro atoms. The normalized spacial score (nSPS) is 26.1. The van der Waals surface area contributed by atoms with Gasteiger partial charge in [-0.05, 0) is 30.7 Å². The van der Waals surface area contributed by atoms with Crippen LogP contribution in [0, 0.1) is 0 Å². The quantitative estimate of drug-likeness (QED) is 0.859. The van der Waals surface area contributed by atoms with Crippen molar-refractivity contribution in [3.63, 3.8) is 0 Å². The van der Waals surface area contributed by atoms with Gasteiger partial charge in [0.25, 0.3) is 0 Å². The first-order valence-electron chi connectivity index (χ1n) is 7.40. The minimum Gasteiger partial charge on any atom is -0.318 e. The highest BCUT2D eigenvalue weighted by Crippen LogP contribution is 2.42. The summed E-state index contributed by atoms with van der Waals surface area (Å²) in [7, 11) is 0. The van der Waals surface area contributed by atoms with Crippen molar-refractivity contribution in [2.24, 2.45) is 0 Å². The lowest BCUT2D eigenvalue weighted by molar-refractivity contribution is 0.201. The van der Waals surface area contributed by atoms with Crippen LogP contribution in [-0.4, -0.2) is 41.7 Å². The van der Waals surface area contributed by atoms with Gasteiger partial charge in [-0.3, -0.25) is 4.90 Å². The third-order valence-corrected chi connectivity index (χ3v) is 5.80. The zero-order chi connectivity index (χ0) is 14.2. The van der Waals surface area contributed by atoms with Gasteiger partial charge in [-0.15, -0.1) is 0 Å². The lowest BCUT2D eigenvalue weighted by Crippen LogP contribution is -2.48. The molecule has 21 heavy (non-hydrogen) atoms. The number of thioether (sulfide) groups is 1. The Kier molecular flexibility index (Phi) is 3.71. The molecule has 3 aliphatic rings. The van der Waals surface area contributed by atoms with Crippen LogP contribution >= 0.6 is 23.4 Å². The van der Waals surface area contributed by atoms with Crippen molar-refractivity contribution < 1.29 is 0 Å². The van der Waals surface area contributed by atoms with Crippen LogP contribution in [0.25, 0.3) is 6.20 Å². The van der Waals surface area contributed by atoms with Crippen LogP contribution in [0.1, 0.15) is 6.42 Å². The number of hydrogen-bond donors (Lipinski definition) is 1. The Balaban J connectivity index is 1.62. The highest BCUT2D eigenvalue weighted by molar-refractivity contribution is 8.03. The first kappa shape index (κ1) is 13.7. The molecule has 1 N–H and O–H groups in total. The number of allylic oxidation sites excluding steroid dienone is 3. The molecule has 0 unspecified atom stereocenters. The number of nitrogens with one attached hydrogen (secondary N) is 1. The first-order chi connectivity index (χ1) is 10.3. The molecule has 3 heterocycles. The molecule has 110 valence electrons. The smallest absolute Gasteiger partial charge is 0.0834 e. The van der Waals surface area contributed by atoms with E-state index in [4.69, 9.17) is 11.6 Å². The monoisotopic (exact) mass is 319 g/mol. The molecule has 0 amide bonds. The number of halogens is 1. The first-order valence-corrected chi connectivity index (χ1v) is 8.59. The van der Waals surface area contributed by atoms with Crippen LogP contribution in [0.4, 0.5) is 0 Å². The summed E-state index contributed by atoms with van der Waals surface area (Å²) in [5.74, 6) is 0. The molecule has 5 heteroatoms. The molecule has 1 fully saturated rings. The number of aromatic nitrogens is 1. The molecule has 2 aliphatic heterocycles. The second-order valence-corrected chi connectivity index (χ2v) is 7.10. The average Bonchev–Trinajstić information content (AvgIpc) is 2.87. The average molecular weight is 320 g/mol. The molecule has 1 aromatic rings. The van der Waals surface area contributed by atoms with Crippen molar-refractivity contribution in [3.05, 3.63) is 46.0 Å². The van der Waals surface area contributed by atoms with E-state index in [1.54, 1.807) is 0 Å². The minimum atomic E-state index is 0.431. The lowest BCUT2D eigenvalue weighted by Gasteiger charge is -2.35. The van der Waals surface area contributed by atoms with E-state index in [1.165, 1.54) is 15.5 Å². The highest BCUT2D eigenvalue weighted by atomic mass is 35.5. The van der Waals surface area contributed by atoms with Crippen LogP contribution in [0.15, 0.2) is 51.0 Å². The molecule has 0 radical (unpaired) electrons. The minimum absolute atomic E-state index is 0.431. The van der Waals surface area contributed by atoms with E-state index < -0.39 is 0 Å². The summed E-state index contributed by atoms with van der Waals surface area (Å²) < 4.78 is 2.16. The Morgan fingerprint density at radius 1 is 1.29 bits per heavy atom. The second-order valence-electron chi connectivity index (χ2n) is 5.58. The Bertz CT molecular complexity index is 638. The third-order valence-electron chi connectivity index (χ3n) is 4.28. The summed E-state index contributed by atoms with van der Waals surface area (Å²) in [4.78, 5) is 3.93. The van der Waals surface area contributed by atoms with Gasteiger partial charge in [0.1, 0.15) is 0 Å². The van der Waals surface area contributed by atoms with Gasteiger partial charge >= 0.3 is 0 Å². The van der Waals surface area contributed by atoms with Gasteiger partial charge in [-0.25, -0.2) is 0 Å². The van der Waals surface area contributed by atoms with Crippen LogP contribution in [0.5, 0.6) is 0 Å². The molecule has 1 aliphatic carbocycles. The predicted molar refractivity (Wildman–Crippen MR) is 89.4 cm³/mol. The number of rotatable bonds is 1. The van der Waals surface area contributed by atoms with Crippen molar-refractivity contribution in [2.75, 3.05) is 26.2 Å². The van der Waals surface area contributed by atoms with E-state index in [2.05, 4.69) is 51.5 Å². The van der Waals surface area contributed by atoms with Crippen molar-refractivity contribution in [2.45, 2.75) is 17.5 Å². The molecule has 1 atom stereocenters. The van der Waals surface area contributed by atoms with Crippen molar-refractivity contribution in [3.8, 4) is 0 Å². The molecule has 3 nitrogen and oxygen atoms in total. The molecule has 1 saturated heterocycles. The fourth-order valence-electron chi connectivity index (χ4n) is 3.14. The van der Waals surface area contributed by atoms with E-state index in [9.17, 15) is 0 Å². The zero-order valence-electron chi connectivity index (χ0n) is 11.8. The summed E-state index contributed by atoms with van der Waals surface area (Å²) >= 11 is 8.43. The number of fused-ring (bicyclic) bond motifs is 1. The van der Waals surface area contributed by atoms with Gasteiger partial charge in [0, 0.05) is 60.1 Å². The summed E-state index contributed by atoms with van der Waals surface area (Å²) in [6.07, 6.45) is 9.63. The van der Waals surface area contributed by atoms with Gasteiger partial charge in [-0.2, -0.15) is 0 Å². The summed E-state index contributed by atoms with van der Waals surface area (Å²) in [5, 5.41) is 5.58. The molecule has 0 aromatic carbocycles. The molecular formula is C16H18ClN3S. The molecule has 0 bridgehead atoms. The molecule has 1 aromatic heterocycles. The fourth-order valence-corrected chi connectivity index (χ4v) is 4.68. The van der Waals surface area contributed by atoms with Gasteiger partial charge in [0.2, 0.25) is 0 Å². The summed E-state index contributed by atoms with van der Waals surface area (Å²) in [5.41, 5.74) is 1.19. The van der Waals surface area contributed by atoms with Crippen molar-refractivity contribution in [1.29, 1.82) is 0 Å². The fraction of sp³-hybridized carbons (Fsp3) is 0.375. The molecular weight excluding hydrogens is 302 g/mol. The predicted octanol–water partition coefficient (Wildman–Crippen LogP) is 3.12. The maximum atomic E-state index is 6.57. The number of hydrogen-bond acceptors (Lipinski definition) is 3. The standard InChI is InChI=1S/C16H18ClN3S/c17-14-10-12(19-8-4-18-5-9-19)11-15-13(14)3-7-20-6-1-2-16(20)21-15/h1-3,6-7,10,12,18H,4-5,8-9,11H2/t12-/m1/s1. The molecule has 0 saturated carbocycles. The Labute approximate surface area is 134 Å². The SMILES string of the molecule is ClC1=C[C@@H](N2CCNCC2)CC2=C1C=Cn1cccc1S2. The van der Waals surface area contributed by atoms with E-state index >= 15 is 0 Å². The second kappa shape index (κ2) is 5.69. The Hall–Kier alpha value is -0.940.